The van der Waals surface area contributed by atoms with Gasteiger partial charge in [0.05, 0.1) is 22.1 Å². The number of hydrogen-bond acceptors (Lipinski definition) is 2. The van der Waals surface area contributed by atoms with Gasteiger partial charge >= 0.3 is 0 Å². The average Bonchev–Trinajstić information content (AvgIpc) is 0.929. The van der Waals surface area contributed by atoms with E-state index in [2.05, 4.69) is 300 Å². The predicted molar refractivity (Wildman–Crippen MR) is 379 cm³/mol. The highest BCUT2D eigenvalue weighted by molar-refractivity contribution is 6.30. The molecule has 4 nitrogen and oxygen atoms in total. The van der Waals surface area contributed by atoms with Gasteiger partial charge in [0.25, 0.3) is 0 Å². The molecule has 20 aromatic rings. The van der Waals surface area contributed by atoms with Gasteiger partial charge in [0, 0.05) is 66.6 Å². The monoisotopic (exact) mass is 1140 g/mol. The minimum absolute atomic E-state index is 0.881. The maximum Gasteiger partial charge on any atom is 0.137 e. The largest absolute Gasteiger partial charge is 0.456 e. The first-order chi connectivity index (χ1) is 44.6. The Morgan fingerprint density at radius 2 is 0.578 bits per heavy atom. The lowest BCUT2D eigenvalue weighted by atomic mass is 9.80. The first-order valence-electron chi connectivity index (χ1n) is 31.0. The van der Waals surface area contributed by atoms with Gasteiger partial charge in [-0.25, -0.2) is 0 Å². The van der Waals surface area contributed by atoms with Crippen molar-refractivity contribution in [2.45, 2.75) is 0 Å². The van der Waals surface area contributed by atoms with Crippen LogP contribution < -0.4 is 0 Å². The highest BCUT2D eigenvalue weighted by atomic mass is 16.3. The molecule has 0 aliphatic carbocycles. The lowest BCUT2D eigenvalue weighted by Crippen LogP contribution is -1.97. The molecule has 416 valence electrons. The van der Waals surface area contributed by atoms with E-state index in [-0.39, 0.29) is 0 Å². The quantitative estimate of drug-likeness (QED) is 0.123. The number of fused-ring (bicyclic) bond motifs is 18. The van der Waals surface area contributed by atoms with Crippen LogP contribution in [0.4, 0.5) is 0 Å². The molecular weight excluding hydrogens is 1090 g/mol. The Hall–Kier alpha value is -12.0. The van der Waals surface area contributed by atoms with Crippen LogP contribution >= 0.6 is 0 Å². The minimum atomic E-state index is 0.881. The summed E-state index contributed by atoms with van der Waals surface area (Å²) in [4.78, 5) is 0. The van der Waals surface area contributed by atoms with Crippen molar-refractivity contribution in [1.82, 2.24) is 9.13 Å². The molecule has 0 saturated heterocycles. The summed E-state index contributed by atoms with van der Waals surface area (Å²) in [5, 5.41) is 21.4. The molecule has 0 unspecified atom stereocenters. The van der Waals surface area contributed by atoms with Crippen molar-refractivity contribution in [2.24, 2.45) is 0 Å². The van der Waals surface area contributed by atoms with Crippen molar-refractivity contribution in [3.63, 3.8) is 0 Å². The summed E-state index contributed by atoms with van der Waals surface area (Å²) in [6.45, 7) is 0. The van der Waals surface area contributed by atoms with E-state index in [1.54, 1.807) is 0 Å². The fourth-order valence-electron chi connectivity index (χ4n) is 15.6. The number of benzene rings is 16. The molecule has 4 aromatic heterocycles. The Morgan fingerprint density at radius 1 is 0.189 bits per heavy atom. The molecule has 0 atom stereocenters. The second-order valence-electron chi connectivity index (χ2n) is 24.2. The summed E-state index contributed by atoms with van der Waals surface area (Å²) in [5.41, 5.74) is 19.8. The highest BCUT2D eigenvalue weighted by Crippen LogP contribution is 2.52. The van der Waals surface area contributed by atoms with Crippen LogP contribution in [0, 0.1) is 0 Å². The van der Waals surface area contributed by atoms with Crippen molar-refractivity contribution in [3.8, 4) is 55.9 Å². The molecule has 16 aromatic carbocycles. The lowest BCUT2D eigenvalue weighted by molar-refractivity contribution is 0.669. The van der Waals surface area contributed by atoms with E-state index < -0.39 is 0 Å². The minimum Gasteiger partial charge on any atom is -0.456 e. The number of hydrogen-bond donors (Lipinski definition) is 0. The third-order valence-electron chi connectivity index (χ3n) is 19.5. The van der Waals surface area contributed by atoms with Crippen molar-refractivity contribution in [3.05, 3.63) is 303 Å². The topological polar surface area (TPSA) is 36.1 Å². The van der Waals surface area contributed by atoms with Gasteiger partial charge in [-0.2, -0.15) is 0 Å². The van der Waals surface area contributed by atoms with Gasteiger partial charge < -0.3 is 18.0 Å². The van der Waals surface area contributed by atoms with Gasteiger partial charge in [-0.05, 0) is 171 Å². The second kappa shape index (κ2) is 18.8. The maximum atomic E-state index is 6.55. The van der Waals surface area contributed by atoms with Crippen molar-refractivity contribution in [1.29, 1.82) is 0 Å². The zero-order valence-electron chi connectivity index (χ0n) is 48.6. The summed E-state index contributed by atoms with van der Waals surface area (Å²) in [6, 6.07) is 112. The van der Waals surface area contributed by atoms with Gasteiger partial charge in [0.1, 0.15) is 22.3 Å². The Balaban J connectivity index is 0.857. The molecule has 0 fully saturated rings. The van der Waals surface area contributed by atoms with Crippen molar-refractivity contribution < 1.29 is 8.83 Å². The molecule has 4 heterocycles. The Morgan fingerprint density at radius 3 is 1.12 bits per heavy atom. The van der Waals surface area contributed by atoms with Crippen LogP contribution in [0.1, 0.15) is 0 Å². The first-order valence-corrected chi connectivity index (χ1v) is 31.0. The number of aromatic nitrogens is 2. The van der Waals surface area contributed by atoms with Gasteiger partial charge in [-0.15, -0.1) is 0 Å². The van der Waals surface area contributed by atoms with E-state index in [0.29, 0.717) is 0 Å². The molecule has 4 heteroatoms. The Kier molecular flexibility index (Phi) is 10.3. The van der Waals surface area contributed by atoms with E-state index in [4.69, 9.17) is 8.83 Å². The molecule has 0 N–H and O–H groups in total. The van der Waals surface area contributed by atoms with E-state index in [9.17, 15) is 0 Å². The first kappa shape index (κ1) is 49.2. The molecule has 0 radical (unpaired) electrons. The van der Waals surface area contributed by atoms with Crippen molar-refractivity contribution in [2.75, 3.05) is 0 Å². The summed E-state index contributed by atoms with van der Waals surface area (Å²) in [7, 11) is 0. The normalized spacial score (nSPS) is 12.2. The van der Waals surface area contributed by atoms with Gasteiger partial charge in [0.2, 0.25) is 0 Å². The van der Waals surface area contributed by atoms with E-state index >= 15 is 0 Å². The Labute approximate surface area is 515 Å². The van der Waals surface area contributed by atoms with Crippen LogP contribution in [0.3, 0.4) is 0 Å². The third kappa shape index (κ3) is 7.01. The van der Waals surface area contributed by atoms with Crippen LogP contribution in [-0.4, -0.2) is 9.13 Å². The standard InChI is InChI=1S/C86H50N2O2/c1-2-20-52(21-3-1)85-72-48-74-73(45-67(72)58-24-6-7-29-64(58)86(85)63-32-18-22-51-19-4-5-23-57(51)63)83(53-37-41-55(42-38-53)87-75-33-14-10-25-59(75)68-46-70-61-27-12-16-35-79(61)89-81(70)49-77(68)87)65-30-8-9-31-66(65)84(74)54-39-43-56(44-40-54)88-76-34-15-11-26-60(76)69-47-71-62-28-13-17-36-80(62)90-82(71)50-78(69)88/h1-50H. The smallest absolute Gasteiger partial charge is 0.137 e. The number of para-hydroxylation sites is 4. The average molecular weight is 1140 g/mol. The number of rotatable bonds is 6. The van der Waals surface area contributed by atoms with Crippen LogP contribution in [0.15, 0.2) is 312 Å². The summed E-state index contributed by atoms with van der Waals surface area (Å²) in [6.07, 6.45) is 0. The SMILES string of the molecule is c1ccc(-c2c(-c3cccc4ccccc34)c3ccccc3c3cc4c(-c5ccc(-n6c7ccccc7c7cc8c(cc76)oc6ccccc68)cc5)c5ccccc5c(-c5ccc(-n6c7ccccc7c7cc8c(cc76)oc6ccccc68)cc5)c4cc23)cc1. The molecule has 0 aliphatic heterocycles. The molecule has 0 amide bonds. The maximum absolute atomic E-state index is 6.55. The zero-order chi connectivity index (χ0) is 58.7. The van der Waals surface area contributed by atoms with Gasteiger partial charge in [-0.1, -0.05) is 218 Å². The van der Waals surface area contributed by atoms with E-state index in [0.717, 1.165) is 88.4 Å². The third-order valence-corrected chi connectivity index (χ3v) is 19.5. The summed E-state index contributed by atoms with van der Waals surface area (Å²) >= 11 is 0. The van der Waals surface area contributed by atoms with Crippen LogP contribution in [0.2, 0.25) is 0 Å². The zero-order valence-corrected chi connectivity index (χ0v) is 48.6. The molecule has 90 heavy (non-hydrogen) atoms. The Bertz CT molecular complexity index is 6430. The molecule has 0 saturated carbocycles. The van der Waals surface area contributed by atoms with Crippen molar-refractivity contribution >= 4 is 141 Å². The van der Waals surface area contributed by atoms with Crippen LogP contribution in [-0.2, 0) is 0 Å². The molecule has 0 bridgehead atoms. The van der Waals surface area contributed by atoms with Crippen LogP contribution in [0.5, 0.6) is 0 Å². The lowest BCUT2D eigenvalue weighted by Gasteiger charge is -2.23. The number of nitrogens with zero attached hydrogens (tertiary/aromatic N) is 2. The molecule has 20 rings (SSSR count). The van der Waals surface area contributed by atoms with Crippen LogP contribution in [0.25, 0.3) is 197 Å². The predicted octanol–water partition coefficient (Wildman–Crippen LogP) is 24.1. The molecule has 0 spiro atoms. The fourth-order valence-corrected chi connectivity index (χ4v) is 15.6. The van der Waals surface area contributed by atoms with Gasteiger partial charge in [-0.3, -0.25) is 0 Å². The van der Waals surface area contributed by atoms with E-state index in [1.807, 2.05) is 12.1 Å². The highest BCUT2D eigenvalue weighted by Gasteiger charge is 2.25. The fraction of sp³-hybridized carbons (Fsp3) is 0. The number of furan rings is 2. The second-order valence-corrected chi connectivity index (χ2v) is 24.2. The summed E-state index contributed by atoms with van der Waals surface area (Å²) in [5.74, 6) is 0. The molecular formula is C86H50N2O2. The van der Waals surface area contributed by atoms with Gasteiger partial charge in [0.15, 0.2) is 0 Å². The molecule has 0 aliphatic rings. The summed E-state index contributed by atoms with van der Waals surface area (Å²) < 4.78 is 17.9. The van der Waals surface area contributed by atoms with E-state index in [1.165, 1.54) is 109 Å².